The van der Waals surface area contributed by atoms with Gasteiger partial charge in [-0.3, -0.25) is 4.79 Å². The van der Waals surface area contributed by atoms with Crippen molar-refractivity contribution in [1.82, 2.24) is 4.90 Å². The van der Waals surface area contributed by atoms with Gasteiger partial charge in [0.25, 0.3) is 6.47 Å². The van der Waals surface area contributed by atoms with E-state index in [-0.39, 0.29) is 0 Å². The van der Waals surface area contributed by atoms with Gasteiger partial charge in [-0.05, 0) is 13.0 Å². The Morgan fingerprint density at radius 2 is 2.00 bits per heavy atom. The number of carbonyl (C=O) groups is 1. The van der Waals surface area contributed by atoms with Gasteiger partial charge in [0.15, 0.2) is 0 Å². The van der Waals surface area contributed by atoms with Gasteiger partial charge in [0.1, 0.15) is 0 Å². The van der Waals surface area contributed by atoms with E-state index in [2.05, 4.69) is 16.7 Å². The van der Waals surface area contributed by atoms with Crippen LogP contribution in [-0.2, 0) is 14.3 Å². The quantitative estimate of drug-likeness (QED) is 0.635. The molecule has 0 atom stereocenters. The first-order valence-corrected chi connectivity index (χ1v) is 4.98. The third kappa shape index (κ3) is 9.48. The molecule has 0 N–H and O–H groups in total. The molecule has 1 aliphatic rings. The number of hydrogen-bond donors (Lipinski definition) is 0. The highest BCUT2D eigenvalue weighted by Gasteiger charge is 2.02. The van der Waals surface area contributed by atoms with Crippen molar-refractivity contribution >= 4 is 6.47 Å². The topological polar surface area (TPSA) is 38.8 Å². The van der Waals surface area contributed by atoms with E-state index < -0.39 is 0 Å². The summed E-state index contributed by atoms with van der Waals surface area (Å²) < 4.78 is 9.51. The highest BCUT2D eigenvalue weighted by molar-refractivity contribution is 5.36. The summed E-state index contributed by atoms with van der Waals surface area (Å²) in [5.74, 6) is 0.449. The van der Waals surface area contributed by atoms with Crippen LogP contribution in [0, 0.1) is 5.92 Å². The van der Waals surface area contributed by atoms with Gasteiger partial charge in [0.2, 0.25) is 0 Å². The standard InChI is InChI=1S/C5H11NO.C5H10O2/c1-6-2-4-7-5-3-6;1-5(2)3-7-4-6/h2-5H2,1H3;4-5H,3H2,1-2H3. The maximum absolute atomic E-state index is 9.49. The van der Waals surface area contributed by atoms with Gasteiger partial charge in [0.05, 0.1) is 19.8 Å². The summed E-state index contributed by atoms with van der Waals surface area (Å²) in [7, 11) is 2.11. The average Bonchev–Trinajstić information content (AvgIpc) is 2.17. The largest absolute Gasteiger partial charge is 0.468 e. The first-order chi connectivity index (χ1) is 6.66. The molecule has 1 rings (SSSR count). The lowest BCUT2D eigenvalue weighted by molar-refractivity contribution is -0.129. The number of carbonyl (C=O) groups excluding carboxylic acids is 1. The van der Waals surface area contributed by atoms with Crippen LogP contribution in [0.2, 0.25) is 0 Å². The van der Waals surface area contributed by atoms with E-state index in [1.165, 1.54) is 0 Å². The molecule has 0 unspecified atom stereocenters. The smallest absolute Gasteiger partial charge is 0.293 e. The third-order valence-corrected chi connectivity index (χ3v) is 1.73. The molecule has 0 spiro atoms. The molecule has 1 heterocycles. The van der Waals surface area contributed by atoms with Crippen molar-refractivity contribution in [3.63, 3.8) is 0 Å². The van der Waals surface area contributed by atoms with Gasteiger partial charge in [-0.1, -0.05) is 13.8 Å². The minimum absolute atomic E-state index is 0.449. The second-order valence-electron chi connectivity index (χ2n) is 3.74. The van der Waals surface area contributed by atoms with Crippen molar-refractivity contribution in [2.75, 3.05) is 40.0 Å². The third-order valence-electron chi connectivity index (χ3n) is 1.73. The normalized spacial score (nSPS) is 17.1. The van der Waals surface area contributed by atoms with Crippen LogP contribution in [0.15, 0.2) is 0 Å². The van der Waals surface area contributed by atoms with Crippen LogP contribution in [0.4, 0.5) is 0 Å². The van der Waals surface area contributed by atoms with Crippen LogP contribution in [0.5, 0.6) is 0 Å². The number of ether oxygens (including phenoxy) is 2. The summed E-state index contributed by atoms with van der Waals surface area (Å²) in [6.07, 6.45) is 0. The molecule has 84 valence electrons. The maximum Gasteiger partial charge on any atom is 0.293 e. The zero-order valence-electron chi connectivity index (χ0n) is 9.36. The van der Waals surface area contributed by atoms with E-state index in [1.54, 1.807) is 0 Å². The predicted octanol–water partition coefficient (Wildman–Crippen LogP) is 0.764. The molecular formula is C10H21NO3. The predicted molar refractivity (Wildman–Crippen MR) is 55.2 cm³/mol. The molecule has 4 heteroatoms. The van der Waals surface area contributed by atoms with Crippen LogP contribution in [0.25, 0.3) is 0 Å². The Morgan fingerprint density at radius 1 is 1.43 bits per heavy atom. The Balaban J connectivity index is 0.000000241. The van der Waals surface area contributed by atoms with Gasteiger partial charge < -0.3 is 14.4 Å². The molecule has 0 radical (unpaired) electrons. The van der Waals surface area contributed by atoms with Gasteiger partial charge in [-0.2, -0.15) is 0 Å². The summed E-state index contributed by atoms with van der Waals surface area (Å²) in [5.41, 5.74) is 0. The Hall–Kier alpha value is -0.610. The molecule has 0 bridgehead atoms. The molecular weight excluding hydrogens is 182 g/mol. The molecule has 1 saturated heterocycles. The van der Waals surface area contributed by atoms with E-state index in [4.69, 9.17) is 4.74 Å². The number of hydrogen-bond acceptors (Lipinski definition) is 4. The molecule has 0 aromatic carbocycles. The molecule has 14 heavy (non-hydrogen) atoms. The van der Waals surface area contributed by atoms with Gasteiger partial charge >= 0.3 is 0 Å². The fraction of sp³-hybridized carbons (Fsp3) is 0.900. The van der Waals surface area contributed by atoms with E-state index in [0.717, 1.165) is 26.3 Å². The average molecular weight is 203 g/mol. The first-order valence-electron chi connectivity index (χ1n) is 4.98. The van der Waals surface area contributed by atoms with Crippen molar-refractivity contribution in [2.45, 2.75) is 13.8 Å². The van der Waals surface area contributed by atoms with Crippen LogP contribution in [0.1, 0.15) is 13.8 Å². The van der Waals surface area contributed by atoms with Crippen LogP contribution < -0.4 is 0 Å². The van der Waals surface area contributed by atoms with E-state index in [9.17, 15) is 4.79 Å². The fourth-order valence-corrected chi connectivity index (χ4v) is 0.886. The molecule has 4 nitrogen and oxygen atoms in total. The van der Waals surface area contributed by atoms with Crippen molar-refractivity contribution < 1.29 is 14.3 Å². The Kier molecular flexibility index (Phi) is 8.57. The van der Waals surface area contributed by atoms with E-state index in [1.807, 2.05) is 13.8 Å². The number of likely N-dealkylation sites (N-methyl/N-ethyl adjacent to an activating group) is 1. The van der Waals surface area contributed by atoms with Crippen LogP contribution >= 0.6 is 0 Å². The molecule has 0 saturated carbocycles. The summed E-state index contributed by atoms with van der Waals surface area (Å²) in [5, 5.41) is 0. The summed E-state index contributed by atoms with van der Waals surface area (Å²) in [6, 6.07) is 0. The molecule has 0 amide bonds. The zero-order valence-corrected chi connectivity index (χ0v) is 9.36. The van der Waals surface area contributed by atoms with Crippen LogP contribution in [0.3, 0.4) is 0 Å². The lowest BCUT2D eigenvalue weighted by Crippen LogP contribution is -2.32. The second kappa shape index (κ2) is 8.97. The SMILES string of the molecule is CC(C)COC=O.CN1CCOCC1. The molecule has 0 aromatic rings. The summed E-state index contributed by atoms with van der Waals surface area (Å²) in [4.78, 5) is 11.8. The second-order valence-corrected chi connectivity index (χ2v) is 3.74. The fourth-order valence-electron chi connectivity index (χ4n) is 0.886. The van der Waals surface area contributed by atoms with E-state index >= 15 is 0 Å². The summed E-state index contributed by atoms with van der Waals surface area (Å²) >= 11 is 0. The first kappa shape index (κ1) is 13.4. The Labute approximate surface area is 86.2 Å². The van der Waals surface area contributed by atoms with Gasteiger partial charge in [-0.15, -0.1) is 0 Å². The lowest BCUT2D eigenvalue weighted by atomic mass is 10.2. The number of rotatable bonds is 3. The van der Waals surface area contributed by atoms with Crippen molar-refractivity contribution in [3.8, 4) is 0 Å². The van der Waals surface area contributed by atoms with Crippen molar-refractivity contribution in [3.05, 3.63) is 0 Å². The number of morpholine rings is 1. The minimum Gasteiger partial charge on any atom is -0.468 e. The van der Waals surface area contributed by atoms with E-state index in [0.29, 0.717) is 19.0 Å². The van der Waals surface area contributed by atoms with Crippen molar-refractivity contribution in [2.24, 2.45) is 5.92 Å². The Bertz CT molecular complexity index is 133. The highest BCUT2D eigenvalue weighted by Crippen LogP contribution is 1.89. The van der Waals surface area contributed by atoms with Crippen LogP contribution in [-0.4, -0.2) is 51.3 Å². The molecule has 1 fully saturated rings. The zero-order chi connectivity index (χ0) is 10.8. The molecule has 0 aliphatic carbocycles. The molecule has 1 aliphatic heterocycles. The summed E-state index contributed by atoms with van der Waals surface area (Å²) in [6.45, 7) is 9.00. The highest BCUT2D eigenvalue weighted by atomic mass is 16.5. The van der Waals surface area contributed by atoms with Gasteiger partial charge in [0, 0.05) is 13.1 Å². The molecule has 0 aromatic heterocycles. The number of nitrogens with zero attached hydrogens (tertiary/aromatic N) is 1. The monoisotopic (exact) mass is 203 g/mol. The minimum atomic E-state index is 0.449. The maximum atomic E-state index is 9.49. The Morgan fingerprint density at radius 3 is 2.21 bits per heavy atom. The lowest BCUT2D eigenvalue weighted by Gasteiger charge is -2.21. The van der Waals surface area contributed by atoms with Gasteiger partial charge in [-0.25, -0.2) is 0 Å². The van der Waals surface area contributed by atoms with Crippen molar-refractivity contribution in [1.29, 1.82) is 0 Å².